The van der Waals surface area contributed by atoms with Crippen molar-refractivity contribution in [3.63, 3.8) is 0 Å². The molecule has 5 heteroatoms. The largest absolute Gasteiger partial charge is 0.494 e. The van der Waals surface area contributed by atoms with Gasteiger partial charge in [0.2, 0.25) is 5.91 Å². The Balaban J connectivity index is 1.48. The van der Waals surface area contributed by atoms with E-state index in [1.165, 1.54) is 0 Å². The van der Waals surface area contributed by atoms with Crippen LogP contribution in [0.3, 0.4) is 0 Å². The van der Waals surface area contributed by atoms with Crippen molar-refractivity contribution in [2.75, 3.05) is 32.8 Å². The minimum absolute atomic E-state index is 0.0517. The molecular weight excluding hydrogens is 340 g/mol. The molecule has 5 nitrogen and oxygen atoms in total. The third-order valence-corrected chi connectivity index (χ3v) is 5.61. The molecule has 1 aromatic carbocycles. The number of hydrogen-bond donors (Lipinski definition) is 0. The lowest BCUT2D eigenvalue weighted by Gasteiger charge is -2.33. The number of carbonyl (C=O) groups is 2. The molecule has 0 aliphatic carbocycles. The summed E-state index contributed by atoms with van der Waals surface area (Å²) in [5, 5.41) is 0. The van der Waals surface area contributed by atoms with Gasteiger partial charge in [0.1, 0.15) is 5.75 Å². The van der Waals surface area contributed by atoms with Gasteiger partial charge in [-0.1, -0.05) is 13.8 Å². The summed E-state index contributed by atoms with van der Waals surface area (Å²) in [7, 11) is 0. The Morgan fingerprint density at radius 2 is 1.63 bits per heavy atom. The summed E-state index contributed by atoms with van der Waals surface area (Å²) in [6.45, 7) is 8.18. The number of carbonyl (C=O) groups excluding carboxylic acids is 2. The maximum Gasteiger partial charge on any atom is 0.253 e. The first kappa shape index (κ1) is 19.7. The van der Waals surface area contributed by atoms with Crippen LogP contribution in [0.25, 0.3) is 0 Å². The summed E-state index contributed by atoms with van der Waals surface area (Å²) in [6, 6.07) is 7.43. The van der Waals surface area contributed by atoms with Crippen LogP contribution in [-0.2, 0) is 4.79 Å². The van der Waals surface area contributed by atoms with Gasteiger partial charge >= 0.3 is 0 Å². The van der Waals surface area contributed by atoms with Crippen LogP contribution in [-0.4, -0.2) is 54.4 Å². The van der Waals surface area contributed by atoms with Crippen LogP contribution in [0.2, 0.25) is 0 Å². The Morgan fingerprint density at radius 1 is 1.00 bits per heavy atom. The van der Waals surface area contributed by atoms with Gasteiger partial charge in [0.05, 0.1) is 6.61 Å². The van der Waals surface area contributed by atoms with Crippen LogP contribution >= 0.6 is 0 Å². The predicted octanol–water partition coefficient (Wildman–Crippen LogP) is 3.59. The number of likely N-dealkylation sites (tertiary alicyclic amines) is 2. The standard InChI is InChI=1S/C22H32N2O3/c1-17(2)11-16-27-20-7-5-18(6-8-20)21(25)24-14-9-19(10-15-24)22(26)23-12-3-4-13-23/h5-8,17,19H,3-4,9-16H2,1-2H3. The maximum absolute atomic E-state index is 12.7. The zero-order valence-electron chi connectivity index (χ0n) is 16.7. The van der Waals surface area contributed by atoms with E-state index in [0.717, 1.165) is 50.9 Å². The van der Waals surface area contributed by atoms with E-state index in [0.29, 0.717) is 37.1 Å². The summed E-state index contributed by atoms with van der Waals surface area (Å²) >= 11 is 0. The molecule has 0 saturated carbocycles. The Hall–Kier alpha value is -2.04. The third kappa shape index (κ3) is 5.24. The summed E-state index contributed by atoms with van der Waals surface area (Å²) in [6.07, 6.45) is 4.82. The molecule has 2 fully saturated rings. The lowest BCUT2D eigenvalue weighted by Crippen LogP contribution is -2.43. The monoisotopic (exact) mass is 372 g/mol. The second kappa shape index (κ2) is 9.25. The molecule has 2 heterocycles. The lowest BCUT2D eigenvalue weighted by atomic mass is 9.95. The van der Waals surface area contributed by atoms with Crippen LogP contribution < -0.4 is 4.74 Å². The van der Waals surface area contributed by atoms with Crippen LogP contribution in [0.4, 0.5) is 0 Å². The average Bonchev–Trinajstić information content (AvgIpc) is 3.22. The number of benzene rings is 1. The highest BCUT2D eigenvalue weighted by Crippen LogP contribution is 2.23. The minimum Gasteiger partial charge on any atom is -0.494 e. The molecule has 0 atom stereocenters. The van der Waals surface area contributed by atoms with Gasteiger partial charge in [-0.2, -0.15) is 0 Å². The summed E-state index contributed by atoms with van der Waals surface area (Å²) in [4.78, 5) is 29.1. The van der Waals surface area contributed by atoms with Crippen molar-refractivity contribution in [1.82, 2.24) is 9.80 Å². The summed E-state index contributed by atoms with van der Waals surface area (Å²) in [5.41, 5.74) is 0.690. The number of ether oxygens (including phenoxy) is 1. The number of amides is 2. The van der Waals surface area contributed by atoms with Gasteiger partial charge in [-0.25, -0.2) is 0 Å². The van der Waals surface area contributed by atoms with E-state index in [4.69, 9.17) is 4.74 Å². The van der Waals surface area contributed by atoms with Gasteiger partial charge in [-0.05, 0) is 62.3 Å². The number of hydrogen-bond acceptors (Lipinski definition) is 3. The van der Waals surface area contributed by atoms with Crippen LogP contribution in [0.15, 0.2) is 24.3 Å². The number of nitrogens with zero attached hydrogens (tertiary/aromatic N) is 2. The normalized spacial score (nSPS) is 18.2. The minimum atomic E-state index is 0.0517. The van der Waals surface area contributed by atoms with E-state index in [1.807, 2.05) is 34.1 Å². The molecule has 3 rings (SSSR count). The van der Waals surface area contributed by atoms with Gasteiger partial charge in [-0.3, -0.25) is 9.59 Å². The van der Waals surface area contributed by atoms with Crippen molar-refractivity contribution in [1.29, 1.82) is 0 Å². The topological polar surface area (TPSA) is 49.9 Å². The van der Waals surface area contributed by atoms with E-state index < -0.39 is 0 Å². The summed E-state index contributed by atoms with van der Waals surface area (Å²) in [5.74, 6) is 1.86. The molecule has 0 spiro atoms. The maximum atomic E-state index is 12.7. The zero-order valence-corrected chi connectivity index (χ0v) is 16.7. The van der Waals surface area contributed by atoms with Crippen LogP contribution in [0.5, 0.6) is 5.75 Å². The van der Waals surface area contributed by atoms with Gasteiger partial charge in [0, 0.05) is 37.7 Å². The SMILES string of the molecule is CC(C)CCOc1ccc(C(=O)N2CCC(C(=O)N3CCCC3)CC2)cc1. The van der Waals surface area contributed by atoms with E-state index in [2.05, 4.69) is 13.8 Å². The fourth-order valence-electron chi connectivity index (χ4n) is 3.81. The van der Waals surface area contributed by atoms with E-state index in [1.54, 1.807) is 0 Å². The first-order valence-corrected chi connectivity index (χ1v) is 10.4. The second-order valence-corrected chi connectivity index (χ2v) is 8.15. The molecule has 0 aromatic heterocycles. The molecule has 0 bridgehead atoms. The van der Waals surface area contributed by atoms with Gasteiger partial charge in [0.25, 0.3) is 5.91 Å². The molecule has 2 aliphatic heterocycles. The fraction of sp³-hybridized carbons (Fsp3) is 0.636. The first-order chi connectivity index (χ1) is 13.0. The van der Waals surface area contributed by atoms with E-state index in [9.17, 15) is 9.59 Å². The predicted molar refractivity (Wildman–Crippen MR) is 106 cm³/mol. The molecule has 0 N–H and O–H groups in total. The van der Waals surface area contributed by atoms with Gasteiger partial charge in [0.15, 0.2) is 0 Å². The number of piperidine rings is 1. The fourth-order valence-corrected chi connectivity index (χ4v) is 3.81. The Morgan fingerprint density at radius 3 is 2.22 bits per heavy atom. The quantitative estimate of drug-likeness (QED) is 0.767. The van der Waals surface area contributed by atoms with Crippen LogP contribution in [0, 0.1) is 11.8 Å². The molecule has 0 radical (unpaired) electrons. The van der Waals surface area contributed by atoms with E-state index in [-0.39, 0.29) is 11.8 Å². The summed E-state index contributed by atoms with van der Waals surface area (Å²) < 4.78 is 5.72. The molecule has 1 aromatic rings. The highest BCUT2D eigenvalue weighted by atomic mass is 16.5. The van der Waals surface area contributed by atoms with E-state index >= 15 is 0 Å². The highest BCUT2D eigenvalue weighted by molar-refractivity contribution is 5.94. The number of rotatable bonds is 6. The molecule has 2 aliphatic rings. The Labute approximate surface area is 162 Å². The van der Waals surface area contributed by atoms with Gasteiger partial charge in [-0.15, -0.1) is 0 Å². The van der Waals surface area contributed by atoms with Crippen molar-refractivity contribution < 1.29 is 14.3 Å². The highest BCUT2D eigenvalue weighted by Gasteiger charge is 2.31. The van der Waals surface area contributed by atoms with Crippen molar-refractivity contribution in [3.8, 4) is 5.75 Å². The zero-order chi connectivity index (χ0) is 19.2. The smallest absolute Gasteiger partial charge is 0.253 e. The molecule has 27 heavy (non-hydrogen) atoms. The molecule has 148 valence electrons. The molecule has 0 unspecified atom stereocenters. The van der Waals surface area contributed by atoms with Crippen LogP contribution in [0.1, 0.15) is 56.3 Å². The average molecular weight is 373 g/mol. The Bertz CT molecular complexity index is 627. The van der Waals surface area contributed by atoms with Gasteiger partial charge < -0.3 is 14.5 Å². The molecule has 2 saturated heterocycles. The second-order valence-electron chi connectivity index (χ2n) is 8.15. The van der Waals surface area contributed by atoms with Crippen molar-refractivity contribution in [3.05, 3.63) is 29.8 Å². The first-order valence-electron chi connectivity index (χ1n) is 10.4. The third-order valence-electron chi connectivity index (χ3n) is 5.61. The molecule has 2 amide bonds. The Kier molecular flexibility index (Phi) is 6.75. The lowest BCUT2D eigenvalue weighted by molar-refractivity contribution is -0.135. The van der Waals surface area contributed by atoms with Crippen molar-refractivity contribution in [2.24, 2.45) is 11.8 Å². The van der Waals surface area contributed by atoms with Crippen molar-refractivity contribution in [2.45, 2.75) is 46.0 Å². The molecular formula is C22H32N2O3. The van der Waals surface area contributed by atoms with Crippen molar-refractivity contribution >= 4 is 11.8 Å².